The van der Waals surface area contributed by atoms with Crippen LogP contribution >= 0.6 is 0 Å². The molecular formula is C18H28N2O2. The number of hydrogen-bond acceptors (Lipinski definition) is 4. The molecule has 2 aliphatic rings. The van der Waals surface area contributed by atoms with Crippen LogP contribution in [0.4, 0.5) is 0 Å². The van der Waals surface area contributed by atoms with E-state index in [0.717, 1.165) is 43.6 Å². The lowest BCUT2D eigenvalue weighted by Crippen LogP contribution is -2.46. The Morgan fingerprint density at radius 1 is 1.09 bits per heavy atom. The molecule has 1 saturated carbocycles. The Balaban J connectivity index is 1.96. The van der Waals surface area contributed by atoms with Crippen LogP contribution in [0.25, 0.3) is 0 Å². The van der Waals surface area contributed by atoms with Gasteiger partial charge in [-0.3, -0.25) is 4.90 Å². The van der Waals surface area contributed by atoms with Crippen molar-refractivity contribution in [3.8, 4) is 11.5 Å². The molecule has 1 aliphatic heterocycles. The molecule has 0 radical (unpaired) electrons. The minimum atomic E-state index is 0.453. The van der Waals surface area contributed by atoms with Crippen LogP contribution in [0.5, 0.6) is 11.5 Å². The first kappa shape index (κ1) is 15.6. The molecule has 0 amide bonds. The monoisotopic (exact) mass is 304 g/mol. The van der Waals surface area contributed by atoms with Crippen LogP contribution in [0.3, 0.4) is 0 Å². The van der Waals surface area contributed by atoms with E-state index in [1.165, 1.54) is 31.2 Å². The van der Waals surface area contributed by atoms with Crippen molar-refractivity contribution < 1.29 is 9.47 Å². The van der Waals surface area contributed by atoms with Crippen molar-refractivity contribution in [3.63, 3.8) is 0 Å². The number of ether oxygens (including phenoxy) is 2. The third-order valence-corrected chi connectivity index (χ3v) is 5.15. The van der Waals surface area contributed by atoms with Crippen LogP contribution in [0, 0.1) is 5.92 Å². The molecule has 1 N–H and O–H groups in total. The van der Waals surface area contributed by atoms with Gasteiger partial charge in [0.25, 0.3) is 0 Å². The van der Waals surface area contributed by atoms with Crippen LogP contribution in [0.15, 0.2) is 18.2 Å². The van der Waals surface area contributed by atoms with E-state index in [0.29, 0.717) is 6.04 Å². The highest BCUT2D eigenvalue weighted by atomic mass is 16.5. The Kier molecular flexibility index (Phi) is 5.21. The molecule has 1 aromatic carbocycles. The summed E-state index contributed by atoms with van der Waals surface area (Å²) in [5.41, 5.74) is 1.30. The summed E-state index contributed by atoms with van der Waals surface area (Å²) >= 11 is 0. The normalized spacial score (nSPS) is 21.7. The van der Waals surface area contributed by atoms with Crippen molar-refractivity contribution in [2.45, 2.75) is 31.7 Å². The van der Waals surface area contributed by atoms with Crippen molar-refractivity contribution in [2.24, 2.45) is 5.92 Å². The van der Waals surface area contributed by atoms with Crippen molar-refractivity contribution in [2.75, 3.05) is 40.4 Å². The highest BCUT2D eigenvalue weighted by Crippen LogP contribution is 2.43. The molecule has 3 rings (SSSR count). The third-order valence-electron chi connectivity index (χ3n) is 5.15. The van der Waals surface area contributed by atoms with Crippen LogP contribution in [0.2, 0.25) is 0 Å². The minimum Gasteiger partial charge on any atom is -0.497 e. The molecule has 0 aromatic heterocycles. The number of nitrogens with zero attached hydrogens (tertiary/aromatic N) is 1. The number of benzene rings is 1. The van der Waals surface area contributed by atoms with E-state index in [-0.39, 0.29) is 0 Å². The molecular weight excluding hydrogens is 276 g/mol. The fourth-order valence-corrected chi connectivity index (χ4v) is 4.05. The van der Waals surface area contributed by atoms with Crippen molar-refractivity contribution in [3.05, 3.63) is 23.8 Å². The van der Waals surface area contributed by atoms with E-state index in [1.54, 1.807) is 14.2 Å². The topological polar surface area (TPSA) is 33.7 Å². The molecule has 22 heavy (non-hydrogen) atoms. The lowest BCUT2D eigenvalue weighted by molar-refractivity contribution is 0.123. The quantitative estimate of drug-likeness (QED) is 0.907. The molecule has 1 heterocycles. The van der Waals surface area contributed by atoms with Gasteiger partial charge in [0.1, 0.15) is 11.5 Å². The predicted molar refractivity (Wildman–Crippen MR) is 88.7 cm³/mol. The zero-order chi connectivity index (χ0) is 15.4. The van der Waals surface area contributed by atoms with Crippen LogP contribution in [-0.4, -0.2) is 45.3 Å². The standard InChI is InChI=1S/C18H28N2O2/c1-21-15-7-8-17(22-2)16(13-15)18(14-5-3-4-6-14)20-11-9-19-10-12-20/h7-8,13-14,18-19H,3-6,9-12H2,1-2H3/t18-/m0/s1. The number of rotatable bonds is 5. The fraction of sp³-hybridized carbons (Fsp3) is 0.667. The lowest BCUT2D eigenvalue weighted by Gasteiger charge is -2.39. The van der Waals surface area contributed by atoms with E-state index in [4.69, 9.17) is 9.47 Å². The number of hydrogen-bond donors (Lipinski definition) is 1. The maximum Gasteiger partial charge on any atom is 0.123 e. The molecule has 2 fully saturated rings. The highest BCUT2D eigenvalue weighted by Gasteiger charge is 2.33. The Labute approximate surface area is 133 Å². The number of nitrogens with one attached hydrogen (secondary N) is 1. The zero-order valence-electron chi connectivity index (χ0n) is 13.8. The van der Waals surface area contributed by atoms with Gasteiger partial charge >= 0.3 is 0 Å². The second-order valence-corrected chi connectivity index (χ2v) is 6.38. The Morgan fingerprint density at radius 2 is 1.82 bits per heavy atom. The summed E-state index contributed by atoms with van der Waals surface area (Å²) in [6, 6.07) is 6.68. The van der Waals surface area contributed by atoms with E-state index in [1.807, 2.05) is 6.07 Å². The first-order valence-electron chi connectivity index (χ1n) is 8.50. The van der Waals surface area contributed by atoms with Crippen LogP contribution < -0.4 is 14.8 Å². The van der Waals surface area contributed by atoms with E-state index < -0.39 is 0 Å². The van der Waals surface area contributed by atoms with E-state index in [2.05, 4.69) is 22.3 Å². The molecule has 4 heteroatoms. The van der Waals surface area contributed by atoms with Gasteiger partial charge in [0.05, 0.1) is 14.2 Å². The molecule has 0 bridgehead atoms. The smallest absolute Gasteiger partial charge is 0.123 e. The summed E-state index contributed by atoms with van der Waals surface area (Å²) in [6.45, 7) is 4.38. The zero-order valence-corrected chi connectivity index (χ0v) is 13.8. The summed E-state index contributed by atoms with van der Waals surface area (Å²) in [7, 11) is 3.51. The highest BCUT2D eigenvalue weighted by molar-refractivity contribution is 5.42. The average molecular weight is 304 g/mol. The van der Waals surface area contributed by atoms with Gasteiger partial charge in [0, 0.05) is 37.8 Å². The van der Waals surface area contributed by atoms with Crippen LogP contribution in [0.1, 0.15) is 37.3 Å². The van der Waals surface area contributed by atoms with Gasteiger partial charge in [-0.1, -0.05) is 12.8 Å². The van der Waals surface area contributed by atoms with Crippen molar-refractivity contribution >= 4 is 0 Å². The second-order valence-electron chi connectivity index (χ2n) is 6.38. The maximum absolute atomic E-state index is 5.68. The Morgan fingerprint density at radius 3 is 2.45 bits per heavy atom. The van der Waals surface area contributed by atoms with Gasteiger partial charge < -0.3 is 14.8 Å². The molecule has 1 saturated heterocycles. The maximum atomic E-state index is 5.68. The molecule has 4 nitrogen and oxygen atoms in total. The molecule has 0 spiro atoms. The average Bonchev–Trinajstić information content (AvgIpc) is 3.10. The molecule has 1 aliphatic carbocycles. The van der Waals surface area contributed by atoms with E-state index >= 15 is 0 Å². The summed E-state index contributed by atoms with van der Waals surface area (Å²) in [5.74, 6) is 2.66. The van der Waals surface area contributed by atoms with Gasteiger partial charge in [-0.2, -0.15) is 0 Å². The van der Waals surface area contributed by atoms with Gasteiger partial charge in [-0.15, -0.1) is 0 Å². The Bertz CT molecular complexity index is 480. The molecule has 122 valence electrons. The summed E-state index contributed by atoms with van der Waals surface area (Å²) < 4.78 is 11.1. The SMILES string of the molecule is COc1ccc(OC)c([C@H](C2CCCC2)N2CCNCC2)c1. The summed E-state index contributed by atoms with van der Waals surface area (Å²) in [5, 5.41) is 3.47. The number of methoxy groups -OCH3 is 2. The lowest BCUT2D eigenvalue weighted by atomic mass is 9.89. The number of piperazine rings is 1. The first-order chi connectivity index (χ1) is 10.8. The van der Waals surface area contributed by atoms with Crippen molar-refractivity contribution in [1.29, 1.82) is 0 Å². The predicted octanol–water partition coefficient (Wildman–Crippen LogP) is 2.84. The third kappa shape index (κ3) is 3.23. The van der Waals surface area contributed by atoms with Crippen molar-refractivity contribution in [1.82, 2.24) is 10.2 Å². The van der Waals surface area contributed by atoms with Gasteiger partial charge in [0.2, 0.25) is 0 Å². The molecule has 1 aromatic rings. The Hall–Kier alpha value is -1.26. The first-order valence-corrected chi connectivity index (χ1v) is 8.50. The van der Waals surface area contributed by atoms with Gasteiger partial charge in [-0.25, -0.2) is 0 Å². The van der Waals surface area contributed by atoms with Gasteiger partial charge in [-0.05, 0) is 37.0 Å². The molecule has 0 unspecified atom stereocenters. The second kappa shape index (κ2) is 7.34. The fourth-order valence-electron chi connectivity index (χ4n) is 4.05. The van der Waals surface area contributed by atoms with E-state index in [9.17, 15) is 0 Å². The largest absolute Gasteiger partial charge is 0.497 e. The van der Waals surface area contributed by atoms with Crippen LogP contribution in [-0.2, 0) is 0 Å². The minimum absolute atomic E-state index is 0.453. The summed E-state index contributed by atoms with van der Waals surface area (Å²) in [4.78, 5) is 2.64. The summed E-state index contributed by atoms with van der Waals surface area (Å²) in [6.07, 6.45) is 5.38. The van der Waals surface area contributed by atoms with Gasteiger partial charge in [0.15, 0.2) is 0 Å². The molecule has 1 atom stereocenters.